The summed E-state index contributed by atoms with van der Waals surface area (Å²) in [4.78, 5) is 30.6. The van der Waals surface area contributed by atoms with Gasteiger partial charge in [0.15, 0.2) is 0 Å². The normalized spacial score (nSPS) is 16.5. The number of carbonyl (C=O) groups excluding carboxylic acids is 2. The zero-order chi connectivity index (χ0) is 22.4. The van der Waals surface area contributed by atoms with Gasteiger partial charge in [-0.05, 0) is 57.2 Å². The number of fused-ring (bicyclic) bond motifs is 1. The molecule has 2 heterocycles. The molecule has 1 aliphatic heterocycles. The molecule has 3 rings (SSSR count). The van der Waals surface area contributed by atoms with Crippen LogP contribution in [0.25, 0.3) is 10.9 Å². The van der Waals surface area contributed by atoms with Crippen molar-refractivity contribution in [2.24, 2.45) is 5.92 Å². The number of allylic oxidation sites excluding steroid dienone is 2. The summed E-state index contributed by atoms with van der Waals surface area (Å²) < 4.78 is 10.4. The first-order valence-corrected chi connectivity index (χ1v) is 10.8. The SMILES string of the molecule is COC(=O)CC(C=CC1CCN(C(=O)OC(C)(C)C)CC1)c1cnc2ccccc2c1. The molecule has 0 bridgehead atoms. The van der Waals surface area contributed by atoms with Crippen LogP contribution in [-0.4, -0.2) is 47.7 Å². The molecule has 0 radical (unpaired) electrons. The van der Waals surface area contributed by atoms with Crippen LogP contribution >= 0.6 is 0 Å². The van der Waals surface area contributed by atoms with Gasteiger partial charge in [0.25, 0.3) is 0 Å². The highest BCUT2D eigenvalue weighted by Crippen LogP contribution is 2.27. The maximum absolute atomic E-state index is 12.3. The molecule has 1 atom stereocenters. The predicted octanol–water partition coefficient (Wildman–Crippen LogP) is 5.08. The number of para-hydroxylation sites is 1. The third-order valence-electron chi connectivity index (χ3n) is 5.46. The zero-order valence-electron chi connectivity index (χ0n) is 18.8. The highest BCUT2D eigenvalue weighted by Gasteiger charge is 2.26. The van der Waals surface area contributed by atoms with Crippen LogP contribution < -0.4 is 0 Å². The van der Waals surface area contributed by atoms with E-state index in [1.807, 2.05) is 51.2 Å². The van der Waals surface area contributed by atoms with E-state index in [-0.39, 0.29) is 24.4 Å². The van der Waals surface area contributed by atoms with E-state index in [2.05, 4.69) is 23.2 Å². The Morgan fingerprint density at radius 3 is 2.61 bits per heavy atom. The minimum atomic E-state index is -0.483. The molecule has 6 nitrogen and oxygen atoms in total. The number of amides is 1. The number of piperidine rings is 1. The molecule has 6 heteroatoms. The molecule has 1 unspecified atom stereocenters. The lowest BCUT2D eigenvalue weighted by Crippen LogP contribution is -2.41. The van der Waals surface area contributed by atoms with Crippen molar-refractivity contribution in [1.82, 2.24) is 9.88 Å². The lowest BCUT2D eigenvalue weighted by Gasteiger charge is -2.32. The fourth-order valence-electron chi connectivity index (χ4n) is 3.74. The van der Waals surface area contributed by atoms with Crippen molar-refractivity contribution in [2.45, 2.75) is 51.6 Å². The molecule has 1 amide bonds. The Bertz CT molecular complexity index is 940. The van der Waals surface area contributed by atoms with Gasteiger partial charge in [-0.3, -0.25) is 9.78 Å². The van der Waals surface area contributed by atoms with Gasteiger partial charge in [-0.15, -0.1) is 0 Å². The van der Waals surface area contributed by atoms with E-state index < -0.39 is 5.60 Å². The second-order valence-electron chi connectivity index (χ2n) is 9.04. The van der Waals surface area contributed by atoms with Crippen LogP contribution in [0.1, 0.15) is 51.5 Å². The van der Waals surface area contributed by atoms with E-state index in [0.29, 0.717) is 19.0 Å². The first kappa shape index (κ1) is 22.8. The standard InChI is InChI=1S/C25H32N2O4/c1-25(2,3)31-24(29)27-13-11-18(12-14-27)9-10-19(16-23(28)30-4)21-15-20-7-5-6-8-22(20)26-17-21/h5-10,15,17-19H,11-14,16H2,1-4H3. The van der Waals surface area contributed by atoms with Crippen LogP contribution in [0.2, 0.25) is 0 Å². The highest BCUT2D eigenvalue weighted by atomic mass is 16.6. The summed E-state index contributed by atoms with van der Waals surface area (Å²) in [5.74, 6) is 0.00300. The summed E-state index contributed by atoms with van der Waals surface area (Å²) >= 11 is 0. The molecule has 0 spiro atoms. The van der Waals surface area contributed by atoms with Crippen molar-refractivity contribution in [2.75, 3.05) is 20.2 Å². The smallest absolute Gasteiger partial charge is 0.410 e. The highest BCUT2D eigenvalue weighted by molar-refractivity contribution is 5.79. The first-order chi connectivity index (χ1) is 14.7. The van der Waals surface area contributed by atoms with Crippen LogP contribution in [0.5, 0.6) is 0 Å². The molecule has 1 fully saturated rings. The van der Waals surface area contributed by atoms with E-state index in [9.17, 15) is 9.59 Å². The number of pyridine rings is 1. The Hall–Kier alpha value is -2.89. The third kappa shape index (κ3) is 6.54. The number of likely N-dealkylation sites (tertiary alicyclic amines) is 1. The average Bonchev–Trinajstić information content (AvgIpc) is 2.75. The topological polar surface area (TPSA) is 68.7 Å². The number of nitrogens with zero attached hydrogens (tertiary/aromatic N) is 2. The Morgan fingerprint density at radius 2 is 1.94 bits per heavy atom. The monoisotopic (exact) mass is 424 g/mol. The molecule has 0 aliphatic carbocycles. The summed E-state index contributed by atoms with van der Waals surface area (Å²) in [6, 6.07) is 10.0. The van der Waals surface area contributed by atoms with Gasteiger partial charge < -0.3 is 14.4 Å². The van der Waals surface area contributed by atoms with Gasteiger partial charge >= 0.3 is 12.1 Å². The van der Waals surface area contributed by atoms with Gasteiger partial charge in [-0.25, -0.2) is 4.79 Å². The lowest BCUT2D eigenvalue weighted by molar-refractivity contribution is -0.140. The van der Waals surface area contributed by atoms with Crippen LogP contribution in [0.15, 0.2) is 48.7 Å². The number of hydrogen-bond acceptors (Lipinski definition) is 5. The van der Waals surface area contributed by atoms with Gasteiger partial charge in [-0.1, -0.05) is 30.4 Å². The third-order valence-corrected chi connectivity index (χ3v) is 5.46. The fraction of sp³-hybridized carbons (Fsp3) is 0.480. The summed E-state index contributed by atoms with van der Waals surface area (Å²) in [5.41, 5.74) is 1.44. The molecule has 31 heavy (non-hydrogen) atoms. The predicted molar refractivity (Wildman–Crippen MR) is 121 cm³/mol. The van der Waals surface area contributed by atoms with Gasteiger partial charge in [-0.2, -0.15) is 0 Å². The number of hydrogen-bond donors (Lipinski definition) is 0. The zero-order valence-corrected chi connectivity index (χ0v) is 18.8. The Kier molecular flexibility index (Phi) is 7.31. The summed E-state index contributed by atoms with van der Waals surface area (Å²) in [6.07, 6.45) is 7.87. The molecule has 1 aromatic heterocycles. The van der Waals surface area contributed by atoms with Gasteiger partial charge in [0, 0.05) is 30.6 Å². The maximum atomic E-state index is 12.3. The van der Waals surface area contributed by atoms with E-state index in [1.165, 1.54) is 7.11 Å². The average molecular weight is 425 g/mol. The van der Waals surface area contributed by atoms with Gasteiger partial charge in [0.05, 0.1) is 19.0 Å². The molecular weight excluding hydrogens is 392 g/mol. The van der Waals surface area contributed by atoms with Crippen molar-refractivity contribution in [3.63, 3.8) is 0 Å². The molecule has 1 aromatic carbocycles. The van der Waals surface area contributed by atoms with E-state index in [4.69, 9.17) is 9.47 Å². The van der Waals surface area contributed by atoms with Crippen molar-refractivity contribution >= 4 is 23.0 Å². The number of aromatic nitrogens is 1. The van der Waals surface area contributed by atoms with Crippen LogP contribution in [0.4, 0.5) is 4.79 Å². The van der Waals surface area contributed by atoms with Gasteiger partial charge in [0.1, 0.15) is 5.60 Å². The number of esters is 1. The molecule has 166 valence electrons. The first-order valence-electron chi connectivity index (χ1n) is 10.8. The number of benzene rings is 1. The summed E-state index contributed by atoms with van der Waals surface area (Å²) in [6.45, 7) is 6.97. The van der Waals surface area contributed by atoms with Crippen molar-refractivity contribution in [3.8, 4) is 0 Å². The van der Waals surface area contributed by atoms with Crippen molar-refractivity contribution < 1.29 is 19.1 Å². The summed E-state index contributed by atoms with van der Waals surface area (Å²) in [5, 5.41) is 1.05. The van der Waals surface area contributed by atoms with Crippen LogP contribution in [0, 0.1) is 5.92 Å². The Labute approximate surface area is 184 Å². The maximum Gasteiger partial charge on any atom is 0.410 e. The Morgan fingerprint density at radius 1 is 1.23 bits per heavy atom. The van der Waals surface area contributed by atoms with E-state index in [0.717, 1.165) is 29.3 Å². The lowest BCUT2D eigenvalue weighted by atomic mass is 9.91. The fourth-order valence-corrected chi connectivity index (χ4v) is 3.74. The number of rotatable bonds is 5. The quantitative estimate of drug-likeness (QED) is 0.494. The number of ether oxygens (including phenoxy) is 2. The van der Waals surface area contributed by atoms with Gasteiger partial charge in [0.2, 0.25) is 0 Å². The van der Waals surface area contributed by atoms with E-state index in [1.54, 1.807) is 4.90 Å². The molecule has 1 aliphatic rings. The minimum absolute atomic E-state index is 0.103. The summed E-state index contributed by atoms with van der Waals surface area (Å²) in [7, 11) is 1.41. The second-order valence-corrected chi connectivity index (χ2v) is 9.04. The molecule has 0 saturated carbocycles. The second kappa shape index (κ2) is 9.94. The van der Waals surface area contributed by atoms with E-state index >= 15 is 0 Å². The number of carbonyl (C=O) groups is 2. The minimum Gasteiger partial charge on any atom is -0.469 e. The molecule has 0 N–H and O–H groups in total. The molecule has 2 aromatic rings. The largest absolute Gasteiger partial charge is 0.469 e. The molecular formula is C25H32N2O4. The van der Waals surface area contributed by atoms with Crippen LogP contribution in [-0.2, 0) is 14.3 Å². The number of methoxy groups -OCH3 is 1. The van der Waals surface area contributed by atoms with Crippen molar-refractivity contribution in [3.05, 3.63) is 54.2 Å². The van der Waals surface area contributed by atoms with Crippen LogP contribution in [0.3, 0.4) is 0 Å². The molecule has 1 saturated heterocycles. The Balaban J connectivity index is 1.67. The van der Waals surface area contributed by atoms with Crippen molar-refractivity contribution in [1.29, 1.82) is 0 Å².